The lowest BCUT2D eigenvalue weighted by Gasteiger charge is -2.36. The van der Waals surface area contributed by atoms with Gasteiger partial charge in [-0.25, -0.2) is 0 Å². The molecule has 0 aromatic heterocycles. The number of hydrogen-bond acceptors (Lipinski definition) is 2. The molecular formula is C19H31NO. The molecule has 0 heterocycles. The average Bonchev–Trinajstić information content (AvgIpc) is 2.46. The smallest absolute Gasteiger partial charge is 0.0774 e. The molecule has 3 unspecified atom stereocenters. The highest BCUT2D eigenvalue weighted by atomic mass is 16.3. The highest BCUT2D eigenvalue weighted by molar-refractivity contribution is 5.24. The summed E-state index contributed by atoms with van der Waals surface area (Å²) in [7, 11) is 0. The molecule has 0 radical (unpaired) electrons. The summed E-state index contributed by atoms with van der Waals surface area (Å²) in [4.78, 5) is 0. The highest BCUT2D eigenvalue weighted by Crippen LogP contribution is 2.32. The van der Waals surface area contributed by atoms with Crippen molar-refractivity contribution in [1.29, 1.82) is 0 Å². The Hall–Kier alpha value is -0.860. The standard InChI is InChI=1S/C19H31NO/c1-4-6-17-8-10-18(11-9-17)16(3)20-14-19(21)12-5-7-15(2)13-19/h8-11,15-16,20-21H,4-7,12-14H2,1-3H3. The molecule has 21 heavy (non-hydrogen) atoms. The zero-order valence-electron chi connectivity index (χ0n) is 13.9. The monoisotopic (exact) mass is 289 g/mol. The second kappa shape index (κ2) is 7.42. The van der Waals surface area contributed by atoms with E-state index >= 15 is 0 Å². The van der Waals surface area contributed by atoms with Crippen LogP contribution in [0.2, 0.25) is 0 Å². The largest absolute Gasteiger partial charge is 0.389 e. The Morgan fingerprint density at radius 2 is 2.05 bits per heavy atom. The molecule has 118 valence electrons. The van der Waals surface area contributed by atoms with Gasteiger partial charge >= 0.3 is 0 Å². The van der Waals surface area contributed by atoms with E-state index < -0.39 is 5.60 Å². The number of nitrogens with one attached hydrogen (secondary N) is 1. The molecule has 2 nitrogen and oxygen atoms in total. The van der Waals surface area contributed by atoms with Crippen LogP contribution in [0.15, 0.2) is 24.3 Å². The number of aliphatic hydroxyl groups is 1. The molecular weight excluding hydrogens is 258 g/mol. The van der Waals surface area contributed by atoms with Crippen molar-refractivity contribution in [3.8, 4) is 0 Å². The van der Waals surface area contributed by atoms with Gasteiger partial charge in [-0.3, -0.25) is 0 Å². The predicted octanol–water partition coefficient (Wildman–Crippen LogP) is 4.23. The van der Waals surface area contributed by atoms with E-state index in [1.807, 2.05) is 0 Å². The van der Waals surface area contributed by atoms with Crippen LogP contribution in [-0.2, 0) is 6.42 Å². The second-order valence-electron chi connectivity index (χ2n) is 7.02. The van der Waals surface area contributed by atoms with Crippen molar-refractivity contribution in [2.24, 2.45) is 5.92 Å². The Balaban J connectivity index is 1.87. The molecule has 1 aliphatic carbocycles. The van der Waals surface area contributed by atoms with E-state index in [0.29, 0.717) is 18.5 Å². The van der Waals surface area contributed by atoms with Crippen LogP contribution in [0.25, 0.3) is 0 Å². The van der Waals surface area contributed by atoms with E-state index in [2.05, 4.69) is 50.4 Å². The lowest BCUT2D eigenvalue weighted by molar-refractivity contribution is -0.0134. The van der Waals surface area contributed by atoms with Gasteiger partial charge in [-0.15, -0.1) is 0 Å². The van der Waals surface area contributed by atoms with Crippen molar-refractivity contribution in [2.75, 3.05) is 6.54 Å². The minimum atomic E-state index is -0.506. The molecule has 2 N–H and O–H groups in total. The van der Waals surface area contributed by atoms with E-state index in [0.717, 1.165) is 25.7 Å². The molecule has 2 rings (SSSR count). The third-order valence-electron chi connectivity index (χ3n) is 4.82. The first-order valence-electron chi connectivity index (χ1n) is 8.57. The molecule has 0 saturated heterocycles. The van der Waals surface area contributed by atoms with Crippen LogP contribution in [0.1, 0.15) is 70.0 Å². The van der Waals surface area contributed by atoms with Crippen molar-refractivity contribution in [3.05, 3.63) is 35.4 Å². The van der Waals surface area contributed by atoms with Crippen LogP contribution in [0, 0.1) is 5.92 Å². The Morgan fingerprint density at radius 3 is 2.67 bits per heavy atom. The topological polar surface area (TPSA) is 32.3 Å². The molecule has 0 bridgehead atoms. The fourth-order valence-electron chi connectivity index (χ4n) is 3.52. The van der Waals surface area contributed by atoms with E-state index in [9.17, 15) is 5.11 Å². The molecule has 1 fully saturated rings. The fourth-order valence-corrected chi connectivity index (χ4v) is 3.52. The van der Waals surface area contributed by atoms with Gasteiger partial charge in [0.1, 0.15) is 0 Å². The van der Waals surface area contributed by atoms with Gasteiger partial charge in [-0.05, 0) is 43.2 Å². The minimum Gasteiger partial charge on any atom is -0.389 e. The molecule has 3 atom stereocenters. The Bertz CT molecular complexity index is 428. The zero-order chi connectivity index (χ0) is 15.3. The second-order valence-corrected chi connectivity index (χ2v) is 7.02. The number of rotatable bonds is 6. The summed E-state index contributed by atoms with van der Waals surface area (Å²) >= 11 is 0. The Morgan fingerprint density at radius 1 is 1.33 bits per heavy atom. The average molecular weight is 289 g/mol. The third kappa shape index (κ3) is 4.82. The summed E-state index contributed by atoms with van der Waals surface area (Å²) in [6.07, 6.45) is 6.63. The van der Waals surface area contributed by atoms with Crippen LogP contribution in [0.3, 0.4) is 0 Å². The normalized spacial score (nSPS) is 27.5. The van der Waals surface area contributed by atoms with E-state index in [1.165, 1.54) is 24.0 Å². The van der Waals surface area contributed by atoms with E-state index in [4.69, 9.17) is 0 Å². The molecule has 0 amide bonds. The minimum absolute atomic E-state index is 0.293. The summed E-state index contributed by atoms with van der Waals surface area (Å²) in [5, 5.41) is 14.2. The first-order valence-corrected chi connectivity index (χ1v) is 8.57. The van der Waals surface area contributed by atoms with Gasteiger partial charge in [0.05, 0.1) is 5.60 Å². The van der Waals surface area contributed by atoms with Gasteiger partial charge in [0.25, 0.3) is 0 Å². The zero-order valence-corrected chi connectivity index (χ0v) is 13.9. The van der Waals surface area contributed by atoms with Gasteiger partial charge in [0.2, 0.25) is 0 Å². The van der Waals surface area contributed by atoms with Gasteiger partial charge in [-0.1, -0.05) is 57.4 Å². The lowest BCUT2D eigenvalue weighted by Crippen LogP contribution is -2.44. The fraction of sp³-hybridized carbons (Fsp3) is 0.684. The maximum absolute atomic E-state index is 10.7. The summed E-state index contributed by atoms with van der Waals surface area (Å²) < 4.78 is 0. The SMILES string of the molecule is CCCc1ccc(C(C)NCC2(O)CCCC(C)C2)cc1. The number of benzene rings is 1. The quantitative estimate of drug-likeness (QED) is 0.821. The van der Waals surface area contributed by atoms with E-state index in [1.54, 1.807) is 0 Å². The van der Waals surface area contributed by atoms with Crippen molar-refractivity contribution in [1.82, 2.24) is 5.32 Å². The maximum Gasteiger partial charge on any atom is 0.0774 e. The van der Waals surface area contributed by atoms with Crippen LogP contribution in [0.5, 0.6) is 0 Å². The van der Waals surface area contributed by atoms with Crippen LogP contribution in [0.4, 0.5) is 0 Å². The molecule has 1 aromatic carbocycles. The predicted molar refractivity (Wildman–Crippen MR) is 89.4 cm³/mol. The Kier molecular flexibility index (Phi) is 5.83. The van der Waals surface area contributed by atoms with Crippen molar-refractivity contribution < 1.29 is 5.11 Å². The number of aryl methyl sites for hydroxylation is 1. The van der Waals surface area contributed by atoms with Gasteiger partial charge < -0.3 is 10.4 Å². The first kappa shape index (κ1) is 16.5. The van der Waals surface area contributed by atoms with Crippen molar-refractivity contribution >= 4 is 0 Å². The van der Waals surface area contributed by atoms with Gasteiger partial charge in [0.15, 0.2) is 0 Å². The van der Waals surface area contributed by atoms with Crippen LogP contribution < -0.4 is 5.32 Å². The molecule has 1 saturated carbocycles. The maximum atomic E-state index is 10.7. The molecule has 0 spiro atoms. The third-order valence-corrected chi connectivity index (χ3v) is 4.82. The molecule has 0 aliphatic heterocycles. The van der Waals surface area contributed by atoms with Crippen LogP contribution in [-0.4, -0.2) is 17.3 Å². The molecule has 1 aliphatic rings. The molecule has 1 aromatic rings. The van der Waals surface area contributed by atoms with E-state index in [-0.39, 0.29) is 0 Å². The summed E-state index contributed by atoms with van der Waals surface area (Å²) in [5.41, 5.74) is 2.21. The Labute approximate surface area is 130 Å². The van der Waals surface area contributed by atoms with Crippen molar-refractivity contribution in [2.45, 2.75) is 70.9 Å². The highest BCUT2D eigenvalue weighted by Gasteiger charge is 2.32. The molecule has 2 heteroatoms. The first-order chi connectivity index (χ1) is 10.0. The summed E-state index contributed by atoms with van der Waals surface area (Å²) in [6.45, 7) is 7.35. The number of hydrogen-bond donors (Lipinski definition) is 2. The summed E-state index contributed by atoms with van der Waals surface area (Å²) in [5.74, 6) is 0.647. The van der Waals surface area contributed by atoms with Gasteiger partial charge in [0, 0.05) is 12.6 Å². The lowest BCUT2D eigenvalue weighted by atomic mass is 9.79. The summed E-state index contributed by atoms with van der Waals surface area (Å²) in [6, 6.07) is 9.19. The van der Waals surface area contributed by atoms with Crippen molar-refractivity contribution in [3.63, 3.8) is 0 Å². The van der Waals surface area contributed by atoms with Gasteiger partial charge in [-0.2, -0.15) is 0 Å². The van der Waals surface area contributed by atoms with Crippen LogP contribution >= 0.6 is 0 Å².